The molecule has 0 radical (unpaired) electrons. The molecule has 5 heteroatoms. The van der Waals surface area contributed by atoms with E-state index in [0.717, 1.165) is 22.4 Å². The molecule has 1 aromatic rings. The Morgan fingerprint density at radius 1 is 1.60 bits per heavy atom. The molecule has 15 heavy (non-hydrogen) atoms. The maximum Gasteiger partial charge on any atom is 0.0950 e. The summed E-state index contributed by atoms with van der Waals surface area (Å²) in [5.74, 6) is 0. The Balaban J connectivity index is 2.26. The first-order chi connectivity index (χ1) is 7.06. The largest absolute Gasteiger partial charge is 0.387 e. The van der Waals surface area contributed by atoms with Crippen LogP contribution in [0.2, 0.25) is 0 Å². The highest BCUT2D eigenvalue weighted by molar-refractivity contribution is 9.10. The molecule has 0 atom stereocenters. The highest BCUT2D eigenvalue weighted by Gasteiger charge is 2.36. The lowest BCUT2D eigenvalue weighted by atomic mass is 9.91. The molecule has 0 aromatic carbocycles. The molecule has 1 aromatic heterocycles. The summed E-state index contributed by atoms with van der Waals surface area (Å²) in [6.07, 6.45) is 0.662. The topological polar surface area (TPSA) is 50.1 Å². The lowest BCUT2D eigenvalue weighted by molar-refractivity contribution is -0.0108. The van der Waals surface area contributed by atoms with E-state index in [4.69, 9.17) is 0 Å². The van der Waals surface area contributed by atoms with E-state index in [1.807, 2.05) is 11.6 Å². The van der Waals surface area contributed by atoms with Crippen LogP contribution in [-0.4, -0.2) is 33.6 Å². The predicted molar refractivity (Wildman–Crippen MR) is 61.9 cm³/mol. The lowest BCUT2D eigenvalue weighted by Crippen LogP contribution is -2.60. The Labute approximate surface area is 97.8 Å². The molecule has 4 nitrogen and oxygen atoms in total. The van der Waals surface area contributed by atoms with Gasteiger partial charge in [0.1, 0.15) is 0 Å². The molecule has 2 heterocycles. The van der Waals surface area contributed by atoms with Crippen molar-refractivity contribution < 1.29 is 5.11 Å². The van der Waals surface area contributed by atoms with Crippen LogP contribution in [0.5, 0.6) is 0 Å². The first-order valence-electron chi connectivity index (χ1n) is 5.20. The van der Waals surface area contributed by atoms with Crippen LogP contribution >= 0.6 is 15.9 Å². The number of aromatic nitrogens is 2. The van der Waals surface area contributed by atoms with Crippen LogP contribution in [0.3, 0.4) is 0 Å². The summed E-state index contributed by atoms with van der Waals surface area (Å²) in [6, 6.07) is 0. The fraction of sp³-hybridized carbons (Fsp3) is 0.700. The zero-order valence-electron chi connectivity index (χ0n) is 9.05. The zero-order valence-corrected chi connectivity index (χ0v) is 10.6. The van der Waals surface area contributed by atoms with E-state index in [2.05, 4.69) is 33.3 Å². The van der Waals surface area contributed by atoms with Crippen LogP contribution in [0.15, 0.2) is 4.47 Å². The Morgan fingerprint density at radius 2 is 2.27 bits per heavy atom. The van der Waals surface area contributed by atoms with Crippen molar-refractivity contribution in [3.05, 3.63) is 15.9 Å². The number of aryl methyl sites for hydroxylation is 2. The van der Waals surface area contributed by atoms with E-state index in [9.17, 15) is 5.11 Å². The fourth-order valence-corrected chi connectivity index (χ4v) is 2.31. The molecule has 1 fully saturated rings. The summed E-state index contributed by atoms with van der Waals surface area (Å²) < 4.78 is 2.99. The summed E-state index contributed by atoms with van der Waals surface area (Å²) >= 11 is 3.53. The molecule has 0 aliphatic carbocycles. The second-order valence-corrected chi connectivity index (χ2v) is 4.96. The van der Waals surface area contributed by atoms with E-state index in [1.165, 1.54) is 0 Å². The monoisotopic (exact) mass is 273 g/mol. The number of nitrogens with one attached hydrogen (secondary N) is 1. The molecule has 2 rings (SSSR count). The quantitative estimate of drug-likeness (QED) is 0.859. The van der Waals surface area contributed by atoms with Gasteiger partial charge in [-0.2, -0.15) is 5.10 Å². The number of hydrogen-bond donors (Lipinski definition) is 2. The molecule has 0 amide bonds. The SMILES string of the molecule is CCn1nc(C)c(Br)c1CC1(O)CNC1. The Morgan fingerprint density at radius 3 is 2.73 bits per heavy atom. The number of aliphatic hydroxyl groups is 1. The van der Waals surface area contributed by atoms with Crippen molar-refractivity contribution in [2.45, 2.75) is 32.4 Å². The molecule has 2 N–H and O–H groups in total. The number of halogens is 1. The summed E-state index contributed by atoms with van der Waals surface area (Å²) in [6.45, 7) is 6.22. The number of nitrogens with zero attached hydrogens (tertiary/aromatic N) is 2. The minimum atomic E-state index is -0.581. The van der Waals surface area contributed by atoms with Gasteiger partial charge in [-0.1, -0.05) is 0 Å². The minimum Gasteiger partial charge on any atom is -0.387 e. The summed E-state index contributed by atoms with van der Waals surface area (Å²) in [5.41, 5.74) is 1.50. The molecule has 0 saturated carbocycles. The third-order valence-corrected chi connectivity index (χ3v) is 3.89. The maximum atomic E-state index is 10.1. The van der Waals surface area contributed by atoms with Gasteiger partial charge >= 0.3 is 0 Å². The van der Waals surface area contributed by atoms with E-state index < -0.39 is 5.60 Å². The van der Waals surface area contributed by atoms with E-state index in [1.54, 1.807) is 0 Å². The molecular weight excluding hydrogens is 258 g/mol. The van der Waals surface area contributed by atoms with Crippen LogP contribution in [0.4, 0.5) is 0 Å². The van der Waals surface area contributed by atoms with Crippen molar-refractivity contribution in [3.63, 3.8) is 0 Å². The van der Waals surface area contributed by atoms with Gasteiger partial charge in [-0.15, -0.1) is 0 Å². The van der Waals surface area contributed by atoms with Gasteiger partial charge in [-0.3, -0.25) is 4.68 Å². The normalized spacial score (nSPS) is 18.9. The zero-order chi connectivity index (χ0) is 11.1. The van der Waals surface area contributed by atoms with Gasteiger partial charge in [0.25, 0.3) is 0 Å². The summed E-state index contributed by atoms with van der Waals surface area (Å²) in [5, 5.41) is 17.6. The molecule has 0 bridgehead atoms. The fourth-order valence-electron chi connectivity index (χ4n) is 1.89. The van der Waals surface area contributed by atoms with Gasteiger partial charge in [0.2, 0.25) is 0 Å². The van der Waals surface area contributed by atoms with Crippen molar-refractivity contribution in [1.82, 2.24) is 15.1 Å². The maximum absolute atomic E-state index is 10.1. The Kier molecular flexibility index (Phi) is 2.87. The molecule has 1 aliphatic heterocycles. The van der Waals surface area contributed by atoms with Crippen molar-refractivity contribution in [2.24, 2.45) is 0 Å². The molecule has 0 unspecified atom stereocenters. The third kappa shape index (κ3) is 1.96. The van der Waals surface area contributed by atoms with Crippen molar-refractivity contribution in [1.29, 1.82) is 0 Å². The minimum absolute atomic E-state index is 0.581. The van der Waals surface area contributed by atoms with Gasteiger partial charge in [0.15, 0.2) is 0 Å². The summed E-state index contributed by atoms with van der Waals surface area (Å²) in [7, 11) is 0. The van der Waals surface area contributed by atoms with Gasteiger partial charge in [-0.25, -0.2) is 0 Å². The van der Waals surface area contributed by atoms with Crippen LogP contribution in [0, 0.1) is 6.92 Å². The molecule has 1 saturated heterocycles. The lowest BCUT2D eigenvalue weighted by Gasteiger charge is -2.37. The molecular formula is C10H16BrN3O. The number of β-amino-alcohol motifs (C(OH)–C–C–N with tert-alkyl or cyclic N) is 1. The van der Waals surface area contributed by atoms with Crippen LogP contribution in [0.25, 0.3) is 0 Å². The van der Waals surface area contributed by atoms with E-state index >= 15 is 0 Å². The highest BCUT2D eigenvalue weighted by Crippen LogP contribution is 2.26. The van der Waals surface area contributed by atoms with Gasteiger partial charge in [-0.05, 0) is 29.8 Å². The molecule has 0 spiro atoms. The van der Waals surface area contributed by atoms with E-state index in [0.29, 0.717) is 19.5 Å². The Bertz CT molecular complexity index is 371. The van der Waals surface area contributed by atoms with E-state index in [-0.39, 0.29) is 0 Å². The first-order valence-corrected chi connectivity index (χ1v) is 6.00. The molecule has 1 aliphatic rings. The van der Waals surface area contributed by atoms with Crippen molar-refractivity contribution in [2.75, 3.05) is 13.1 Å². The van der Waals surface area contributed by atoms with Crippen LogP contribution in [-0.2, 0) is 13.0 Å². The van der Waals surface area contributed by atoms with Gasteiger partial charge in [0.05, 0.1) is 21.5 Å². The molecule has 84 valence electrons. The average Bonchev–Trinajstić information content (AvgIpc) is 2.43. The highest BCUT2D eigenvalue weighted by atomic mass is 79.9. The average molecular weight is 274 g/mol. The first kappa shape index (κ1) is 11.1. The van der Waals surface area contributed by atoms with Crippen molar-refractivity contribution >= 4 is 15.9 Å². The van der Waals surface area contributed by atoms with Crippen molar-refractivity contribution in [3.8, 4) is 0 Å². The number of hydrogen-bond acceptors (Lipinski definition) is 3. The predicted octanol–water partition coefficient (Wildman–Crippen LogP) is 0.851. The summed E-state index contributed by atoms with van der Waals surface area (Å²) in [4.78, 5) is 0. The Hall–Kier alpha value is -0.390. The standard InChI is InChI=1S/C10H16BrN3O/c1-3-14-8(9(11)7(2)13-14)4-10(15)5-12-6-10/h12,15H,3-6H2,1-2H3. The van der Waals surface area contributed by atoms with Gasteiger partial charge < -0.3 is 10.4 Å². The number of rotatable bonds is 3. The third-order valence-electron chi connectivity index (χ3n) is 2.86. The smallest absolute Gasteiger partial charge is 0.0950 e. The second kappa shape index (κ2) is 3.88. The second-order valence-electron chi connectivity index (χ2n) is 4.17. The van der Waals surface area contributed by atoms with Crippen LogP contribution < -0.4 is 5.32 Å². The van der Waals surface area contributed by atoms with Crippen LogP contribution in [0.1, 0.15) is 18.3 Å². The van der Waals surface area contributed by atoms with Gasteiger partial charge in [0, 0.05) is 26.1 Å².